The Morgan fingerprint density at radius 1 is 1.35 bits per heavy atom. The average molecular weight is 278 g/mol. The van der Waals surface area contributed by atoms with Crippen LogP contribution in [-0.4, -0.2) is 28.8 Å². The molecule has 2 atom stereocenters. The molecular weight excluding hydrogens is 252 g/mol. The minimum absolute atomic E-state index is 0.00514. The number of aryl methyl sites for hydroxylation is 2. The first-order chi connectivity index (χ1) is 9.54. The molecule has 2 rings (SSSR count). The molecule has 3 N–H and O–H groups in total. The zero-order valence-corrected chi connectivity index (χ0v) is 12.8. The first-order valence-electron chi connectivity index (χ1n) is 7.53. The van der Waals surface area contributed by atoms with Crippen molar-refractivity contribution in [3.8, 4) is 0 Å². The highest BCUT2D eigenvalue weighted by Gasteiger charge is 2.25. The van der Waals surface area contributed by atoms with Gasteiger partial charge in [-0.2, -0.15) is 5.10 Å². The summed E-state index contributed by atoms with van der Waals surface area (Å²) in [6.45, 7) is 5.27. The summed E-state index contributed by atoms with van der Waals surface area (Å²) in [6.07, 6.45) is 4.89. The molecule has 1 aliphatic carbocycles. The van der Waals surface area contributed by atoms with Gasteiger partial charge in [0, 0.05) is 19.3 Å². The predicted molar refractivity (Wildman–Crippen MR) is 79.5 cm³/mol. The van der Waals surface area contributed by atoms with Gasteiger partial charge in [-0.1, -0.05) is 12.8 Å². The maximum absolute atomic E-state index is 12.3. The number of carbonyl (C=O) groups excluding carboxylic acids is 1. The van der Waals surface area contributed by atoms with Crippen LogP contribution in [-0.2, 0) is 7.05 Å². The molecule has 0 bridgehead atoms. The molecule has 5 nitrogen and oxygen atoms in total. The molecule has 1 amide bonds. The van der Waals surface area contributed by atoms with E-state index in [9.17, 15) is 4.79 Å². The van der Waals surface area contributed by atoms with Crippen LogP contribution < -0.4 is 11.1 Å². The number of aromatic nitrogens is 2. The van der Waals surface area contributed by atoms with Crippen LogP contribution in [0.4, 0.5) is 0 Å². The summed E-state index contributed by atoms with van der Waals surface area (Å²) < 4.78 is 1.76. The second-order valence-corrected chi connectivity index (χ2v) is 5.92. The maximum Gasteiger partial charge on any atom is 0.255 e. The number of hydrogen-bond acceptors (Lipinski definition) is 3. The normalized spacial score (nSPS) is 22.8. The average Bonchev–Trinajstić information content (AvgIpc) is 2.70. The van der Waals surface area contributed by atoms with E-state index in [1.54, 1.807) is 4.68 Å². The Kier molecular flexibility index (Phi) is 4.81. The van der Waals surface area contributed by atoms with E-state index < -0.39 is 0 Å². The molecule has 1 aromatic heterocycles. The van der Waals surface area contributed by atoms with Gasteiger partial charge in [-0.25, -0.2) is 0 Å². The summed E-state index contributed by atoms with van der Waals surface area (Å²) in [4.78, 5) is 12.3. The van der Waals surface area contributed by atoms with Crippen molar-refractivity contribution in [1.82, 2.24) is 15.1 Å². The Labute approximate surface area is 120 Å². The van der Waals surface area contributed by atoms with Crippen molar-refractivity contribution in [3.63, 3.8) is 0 Å². The minimum Gasteiger partial charge on any atom is -0.352 e. The van der Waals surface area contributed by atoms with Gasteiger partial charge in [-0.3, -0.25) is 9.48 Å². The molecule has 0 saturated heterocycles. The first kappa shape index (κ1) is 15.0. The quantitative estimate of drug-likeness (QED) is 0.877. The molecule has 112 valence electrons. The number of hydrogen-bond donors (Lipinski definition) is 2. The van der Waals surface area contributed by atoms with E-state index in [0.717, 1.165) is 24.5 Å². The largest absolute Gasteiger partial charge is 0.352 e. The highest BCUT2D eigenvalue weighted by Crippen LogP contribution is 2.28. The van der Waals surface area contributed by atoms with E-state index in [1.807, 2.05) is 20.9 Å². The van der Waals surface area contributed by atoms with Crippen LogP contribution in [0.5, 0.6) is 0 Å². The van der Waals surface area contributed by atoms with E-state index in [0.29, 0.717) is 17.4 Å². The number of rotatable bonds is 4. The van der Waals surface area contributed by atoms with Crippen LogP contribution >= 0.6 is 0 Å². The summed E-state index contributed by atoms with van der Waals surface area (Å²) in [5.41, 5.74) is 8.26. The van der Waals surface area contributed by atoms with Gasteiger partial charge in [0.1, 0.15) is 0 Å². The fourth-order valence-electron chi connectivity index (χ4n) is 3.28. The Balaban J connectivity index is 1.98. The van der Waals surface area contributed by atoms with Gasteiger partial charge in [0.2, 0.25) is 0 Å². The second-order valence-electron chi connectivity index (χ2n) is 5.92. The summed E-state index contributed by atoms with van der Waals surface area (Å²) >= 11 is 0. The van der Waals surface area contributed by atoms with E-state index in [2.05, 4.69) is 10.4 Å². The number of nitrogens with zero attached hydrogens (tertiary/aromatic N) is 2. The fraction of sp³-hybridized carbons (Fsp3) is 0.733. The standard InChI is InChI=1S/C15H26N4O/c1-10-14(11(2)19(3)18-10)15(20)17-9-13-7-5-4-6-12(13)8-16/h12-13H,4-9,16H2,1-3H3,(H,17,20). The Morgan fingerprint density at radius 2 is 2.00 bits per heavy atom. The summed E-state index contributed by atoms with van der Waals surface area (Å²) in [7, 11) is 1.87. The van der Waals surface area contributed by atoms with Crippen LogP contribution in [0.25, 0.3) is 0 Å². The van der Waals surface area contributed by atoms with Crippen LogP contribution in [0.3, 0.4) is 0 Å². The molecule has 1 fully saturated rings. The molecule has 0 aromatic carbocycles. The lowest BCUT2D eigenvalue weighted by Gasteiger charge is -2.30. The summed E-state index contributed by atoms with van der Waals surface area (Å²) in [5.74, 6) is 1.07. The Morgan fingerprint density at radius 3 is 2.55 bits per heavy atom. The summed E-state index contributed by atoms with van der Waals surface area (Å²) in [5, 5.41) is 7.37. The predicted octanol–water partition coefficient (Wildman–Crippen LogP) is 1.53. The molecule has 0 radical (unpaired) electrons. The van der Waals surface area contributed by atoms with Crippen molar-refractivity contribution in [3.05, 3.63) is 17.0 Å². The van der Waals surface area contributed by atoms with Crippen molar-refractivity contribution >= 4 is 5.91 Å². The van der Waals surface area contributed by atoms with Crippen LogP contribution in [0.2, 0.25) is 0 Å². The lowest BCUT2D eigenvalue weighted by atomic mass is 9.79. The van der Waals surface area contributed by atoms with Gasteiger partial charge in [-0.05, 0) is 45.1 Å². The SMILES string of the molecule is Cc1nn(C)c(C)c1C(=O)NCC1CCCCC1CN. The first-order valence-corrected chi connectivity index (χ1v) is 7.53. The van der Waals surface area contributed by atoms with Gasteiger partial charge in [0.15, 0.2) is 0 Å². The van der Waals surface area contributed by atoms with E-state index in [1.165, 1.54) is 25.7 Å². The number of amides is 1. The third-order valence-corrected chi connectivity index (χ3v) is 4.63. The fourth-order valence-corrected chi connectivity index (χ4v) is 3.28. The number of nitrogens with two attached hydrogens (primary N) is 1. The highest BCUT2D eigenvalue weighted by atomic mass is 16.1. The lowest BCUT2D eigenvalue weighted by Crippen LogP contribution is -2.37. The molecule has 1 aliphatic rings. The van der Waals surface area contributed by atoms with Crippen LogP contribution in [0, 0.1) is 25.7 Å². The number of nitrogens with one attached hydrogen (secondary N) is 1. The van der Waals surface area contributed by atoms with E-state index >= 15 is 0 Å². The van der Waals surface area contributed by atoms with Crippen LogP contribution in [0.1, 0.15) is 47.4 Å². The van der Waals surface area contributed by atoms with Crippen molar-refractivity contribution in [2.24, 2.45) is 24.6 Å². The van der Waals surface area contributed by atoms with Crippen molar-refractivity contribution in [1.29, 1.82) is 0 Å². The molecule has 1 saturated carbocycles. The Hall–Kier alpha value is -1.36. The molecule has 0 aliphatic heterocycles. The maximum atomic E-state index is 12.3. The van der Waals surface area contributed by atoms with Gasteiger partial charge in [0.25, 0.3) is 5.91 Å². The van der Waals surface area contributed by atoms with Crippen molar-refractivity contribution in [2.45, 2.75) is 39.5 Å². The Bertz CT molecular complexity index is 480. The molecule has 5 heteroatoms. The van der Waals surface area contributed by atoms with Gasteiger partial charge >= 0.3 is 0 Å². The van der Waals surface area contributed by atoms with Gasteiger partial charge < -0.3 is 11.1 Å². The highest BCUT2D eigenvalue weighted by molar-refractivity contribution is 5.96. The number of carbonyl (C=O) groups is 1. The van der Waals surface area contributed by atoms with E-state index in [4.69, 9.17) is 5.73 Å². The topological polar surface area (TPSA) is 72.9 Å². The molecular formula is C15H26N4O. The molecule has 1 heterocycles. The molecule has 20 heavy (non-hydrogen) atoms. The smallest absolute Gasteiger partial charge is 0.255 e. The van der Waals surface area contributed by atoms with Crippen molar-refractivity contribution < 1.29 is 4.79 Å². The van der Waals surface area contributed by atoms with Crippen LogP contribution in [0.15, 0.2) is 0 Å². The summed E-state index contributed by atoms with van der Waals surface area (Å²) in [6, 6.07) is 0. The molecule has 0 spiro atoms. The zero-order chi connectivity index (χ0) is 14.7. The zero-order valence-electron chi connectivity index (χ0n) is 12.8. The third kappa shape index (κ3) is 3.03. The van der Waals surface area contributed by atoms with Crippen molar-refractivity contribution in [2.75, 3.05) is 13.1 Å². The second kappa shape index (κ2) is 6.39. The molecule has 2 unspecified atom stereocenters. The molecule has 1 aromatic rings. The minimum atomic E-state index is -0.00514. The van der Waals surface area contributed by atoms with Gasteiger partial charge in [-0.15, -0.1) is 0 Å². The lowest BCUT2D eigenvalue weighted by molar-refractivity contribution is 0.0933. The third-order valence-electron chi connectivity index (χ3n) is 4.63. The monoisotopic (exact) mass is 278 g/mol. The van der Waals surface area contributed by atoms with Gasteiger partial charge in [0.05, 0.1) is 11.3 Å². The van der Waals surface area contributed by atoms with E-state index in [-0.39, 0.29) is 5.91 Å².